The van der Waals surface area contributed by atoms with Crippen LogP contribution in [0.3, 0.4) is 0 Å². The standard InChI is InChI=1S/C22H26Cl4O2/c1-2-3-4-5-6-7-8-9-16(14-10-17(23)21(27)18(24)11-14)15-12-19(25)22(28)20(26)13-15/h10-13,16,27-28H,2-9H2,1H3. The van der Waals surface area contributed by atoms with Gasteiger partial charge in [0.05, 0.1) is 20.1 Å². The topological polar surface area (TPSA) is 40.5 Å². The minimum absolute atomic E-state index is 0.0400. The predicted octanol–water partition coefficient (Wildman–Crippen LogP) is 8.98. The molecule has 0 atom stereocenters. The second-order valence-electron chi connectivity index (χ2n) is 7.13. The zero-order valence-corrected chi connectivity index (χ0v) is 19.0. The molecule has 0 heterocycles. The summed E-state index contributed by atoms with van der Waals surface area (Å²) in [6, 6.07) is 6.90. The summed E-state index contributed by atoms with van der Waals surface area (Å²) in [7, 11) is 0. The highest BCUT2D eigenvalue weighted by Crippen LogP contribution is 2.42. The van der Waals surface area contributed by atoms with Gasteiger partial charge in [0.2, 0.25) is 0 Å². The highest BCUT2D eigenvalue weighted by molar-refractivity contribution is 6.37. The molecular weight excluding hydrogens is 438 g/mol. The summed E-state index contributed by atoms with van der Waals surface area (Å²) in [6.45, 7) is 2.21. The number of hydrogen-bond donors (Lipinski definition) is 2. The maximum Gasteiger partial charge on any atom is 0.152 e. The van der Waals surface area contributed by atoms with Gasteiger partial charge in [0, 0.05) is 5.92 Å². The first kappa shape index (κ1) is 23.5. The van der Waals surface area contributed by atoms with Gasteiger partial charge in [0.15, 0.2) is 11.5 Å². The lowest BCUT2D eigenvalue weighted by Crippen LogP contribution is -2.02. The quantitative estimate of drug-likeness (QED) is 0.345. The molecule has 0 fully saturated rings. The lowest BCUT2D eigenvalue weighted by atomic mass is 9.86. The molecule has 0 amide bonds. The molecule has 2 aromatic rings. The zero-order valence-electron chi connectivity index (χ0n) is 15.9. The summed E-state index contributed by atoms with van der Waals surface area (Å²) >= 11 is 24.6. The lowest BCUT2D eigenvalue weighted by Gasteiger charge is -2.20. The van der Waals surface area contributed by atoms with Crippen LogP contribution < -0.4 is 0 Å². The molecule has 2 aromatic carbocycles. The van der Waals surface area contributed by atoms with Gasteiger partial charge in [-0.15, -0.1) is 0 Å². The Morgan fingerprint density at radius 1 is 0.643 bits per heavy atom. The van der Waals surface area contributed by atoms with Crippen LogP contribution in [-0.2, 0) is 0 Å². The monoisotopic (exact) mass is 462 g/mol. The Labute approximate surface area is 187 Å². The Morgan fingerprint density at radius 3 is 1.39 bits per heavy atom. The number of aromatic hydroxyl groups is 2. The molecule has 0 aliphatic heterocycles. The first-order valence-corrected chi connectivity index (χ1v) is 11.2. The van der Waals surface area contributed by atoms with Crippen LogP contribution in [0, 0.1) is 0 Å². The predicted molar refractivity (Wildman–Crippen MR) is 121 cm³/mol. The van der Waals surface area contributed by atoms with E-state index < -0.39 is 0 Å². The molecule has 0 aliphatic rings. The van der Waals surface area contributed by atoms with E-state index in [-0.39, 0.29) is 37.5 Å². The van der Waals surface area contributed by atoms with Crippen molar-refractivity contribution in [2.75, 3.05) is 0 Å². The van der Waals surface area contributed by atoms with Crippen LogP contribution in [0.2, 0.25) is 20.1 Å². The van der Waals surface area contributed by atoms with E-state index in [2.05, 4.69) is 6.92 Å². The largest absolute Gasteiger partial charge is 0.505 e. The van der Waals surface area contributed by atoms with E-state index in [9.17, 15) is 10.2 Å². The molecule has 2 nitrogen and oxygen atoms in total. The first-order chi connectivity index (χ1) is 13.3. The molecule has 0 radical (unpaired) electrons. The molecule has 0 bridgehead atoms. The summed E-state index contributed by atoms with van der Waals surface area (Å²) < 4.78 is 0. The van der Waals surface area contributed by atoms with Gasteiger partial charge >= 0.3 is 0 Å². The zero-order chi connectivity index (χ0) is 20.7. The smallest absolute Gasteiger partial charge is 0.152 e. The number of halogens is 4. The third-order valence-corrected chi connectivity index (χ3v) is 6.13. The molecule has 2 rings (SSSR count). The van der Waals surface area contributed by atoms with E-state index in [1.54, 1.807) is 24.3 Å². The van der Waals surface area contributed by atoms with Crippen molar-refractivity contribution < 1.29 is 10.2 Å². The minimum atomic E-state index is -0.122. The maximum absolute atomic E-state index is 9.89. The molecule has 6 heteroatoms. The van der Waals surface area contributed by atoms with E-state index in [0.29, 0.717) is 0 Å². The summed E-state index contributed by atoms with van der Waals surface area (Å²) in [4.78, 5) is 0. The Kier molecular flexibility index (Phi) is 9.56. The van der Waals surface area contributed by atoms with Crippen LogP contribution in [0.25, 0.3) is 0 Å². The number of rotatable bonds is 10. The Balaban J connectivity index is 2.22. The lowest BCUT2D eigenvalue weighted by molar-refractivity contribution is 0.475. The van der Waals surface area contributed by atoms with E-state index in [4.69, 9.17) is 46.4 Å². The van der Waals surface area contributed by atoms with Crippen molar-refractivity contribution in [3.8, 4) is 11.5 Å². The van der Waals surface area contributed by atoms with Crippen molar-refractivity contribution in [3.63, 3.8) is 0 Å². The third kappa shape index (κ3) is 6.35. The molecule has 0 saturated heterocycles. The van der Waals surface area contributed by atoms with Gasteiger partial charge in [-0.1, -0.05) is 98.3 Å². The van der Waals surface area contributed by atoms with Crippen molar-refractivity contribution in [1.82, 2.24) is 0 Å². The van der Waals surface area contributed by atoms with Crippen LogP contribution in [0.1, 0.15) is 75.3 Å². The average molecular weight is 464 g/mol. The average Bonchev–Trinajstić information content (AvgIpc) is 2.65. The number of hydrogen-bond acceptors (Lipinski definition) is 2. The summed E-state index contributed by atoms with van der Waals surface area (Å²) in [6.07, 6.45) is 9.31. The van der Waals surface area contributed by atoms with Gasteiger partial charge in [-0.2, -0.15) is 0 Å². The van der Waals surface area contributed by atoms with Crippen LogP contribution >= 0.6 is 46.4 Å². The van der Waals surface area contributed by atoms with Crippen LogP contribution in [0.4, 0.5) is 0 Å². The van der Waals surface area contributed by atoms with Gasteiger partial charge in [0.25, 0.3) is 0 Å². The van der Waals surface area contributed by atoms with Crippen molar-refractivity contribution in [1.29, 1.82) is 0 Å². The molecule has 154 valence electrons. The number of unbranched alkanes of at least 4 members (excludes halogenated alkanes) is 6. The minimum Gasteiger partial charge on any atom is -0.505 e. The van der Waals surface area contributed by atoms with E-state index >= 15 is 0 Å². The summed E-state index contributed by atoms with van der Waals surface area (Å²) in [5.41, 5.74) is 1.77. The molecule has 0 unspecified atom stereocenters. The van der Waals surface area contributed by atoms with Crippen molar-refractivity contribution >= 4 is 46.4 Å². The molecule has 2 N–H and O–H groups in total. The van der Waals surface area contributed by atoms with Gasteiger partial charge in [-0.25, -0.2) is 0 Å². The third-order valence-electron chi connectivity index (χ3n) is 4.98. The fourth-order valence-electron chi connectivity index (χ4n) is 3.40. The number of benzene rings is 2. The van der Waals surface area contributed by atoms with Crippen molar-refractivity contribution in [2.24, 2.45) is 0 Å². The molecular formula is C22H26Cl4O2. The molecule has 0 aliphatic carbocycles. The molecule has 0 aromatic heterocycles. The Bertz CT molecular complexity index is 689. The van der Waals surface area contributed by atoms with Gasteiger partial charge in [0.1, 0.15) is 0 Å². The van der Waals surface area contributed by atoms with Crippen LogP contribution in [0.5, 0.6) is 11.5 Å². The summed E-state index contributed by atoms with van der Waals surface area (Å²) in [5, 5.41) is 20.6. The van der Waals surface area contributed by atoms with Crippen LogP contribution in [-0.4, -0.2) is 10.2 Å². The normalized spacial score (nSPS) is 11.4. The second kappa shape index (κ2) is 11.4. The van der Waals surface area contributed by atoms with Crippen molar-refractivity contribution in [3.05, 3.63) is 55.5 Å². The SMILES string of the molecule is CCCCCCCCCC(c1cc(Cl)c(O)c(Cl)c1)c1cc(Cl)c(O)c(Cl)c1. The highest BCUT2D eigenvalue weighted by Gasteiger charge is 2.20. The highest BCUT2D eigenvalue weighted by atomic mass is 35.5. The summed E-state index contributed by atoms with van der Waals surface area (Å²) in [5.74, 6) is -0.283. The Hall–Kier alpha value is -0.800. The maximum atomic E-state index is 9.89. The fourth-order valence-corrected chi connectivity index (χ4v) is 4.41. The second-order valence-corrected chi connectivity index (χ2v) is 8.76. The number of phenols is 2. The van der Waals surface area contributed by atoms with E-state index in [0.717, 1.165) is 30.4 Å². The molecule has 0 spiro atoms. The van der Waals surface area contributed by atoms with Gasteiger partial charge in [-0.3, -0.25) is 0 Å². The molecule has 28 heavy (non-hydrogen) atoms. The van der Waals surface area contributed by atoms with Gasteiger partial charge in [-0.05, 0) is 41.8 Å². The van der Waals surface area contributed by atoms with Crippen molar-refractivity contribution in [2.45, 2.75) is 64.2 Å². The van der Waals surface area contributed by atoms with E-state index in [1.807, 2.05) is 0 Å². The van der Waals surface area contributed by atoms with E-state index in [1.165, 1.54) is 32.1 Å². The molecule has 0 saturated carbocycles. The van der Waals surface area contributed by atoms with Crippen LogP contribution in [0.15, 0.2) is 24.3 Å². The number of phenolic OH excluding ortho intramolecular Hbond substituents is 2. The van der Waals surface area contributed by atoms with Gasteiger partial charge < -0.3 is 10.2 Å². The fraction of sp³-hybridized carbons (Fsp3) is 0.455. The first-order valence-electron chi connectivity index (χ1n) is 9.71. The Morgan fingerprint density at radius 2 is 1.00 bits per heavy atom.